The van der Waals surface area contributed by atoms with Crippen molar-refractivity contribution in [3.05, 3.63) is 87.9 Å². The summed E-state index contributed by atoms with van der Waals surface area (Å²) in [5, 5.41) is 4.88. The molecule has 29 heavy (non-hydrogen) atoms. The van der Waals surface area contributed by atoms with Crippen LogP contribution in [0.5, 0.6) is 0 Å². The smallest absolute Gasteiger partial charge is 0.252 e. The molecular weight excluding hydrogens is 391 g/mol. The molecule has 0 aliphatic carbocycles. The first-order valence-corrected chi connectivity index (χ1v) is 9.96. The van der Waals surface area contributed by atoms with Crippen LogP contribution in [0.4, 0.5) is 10.1 Å². The summed E-state index contributed by atoms with van der Waals surface area (Å²) in [4.78, 5) is 39.0. The summed E-state index contributed by atoms with van der Waals surface area (Å²) in [5.41, 5.74) is 1.47. The molecule has 5 nitrogen and oxygen atoms in total. The molecule has 7 heteroatoms. The molecule has 0 radical (unpaired) electrons. The molecule has 1 saturated heterocycles. The number of imide groups is 1. The monoisotopic (exact) mass is 408 g/mol. The molecule has 3 amide bonds. The fourth-order valence-electron chi connectivity index (χ4n) is 3.29. The molecule has 0 bridgehead atoms. The molecule has 146 valence electrons. The maximum absolute atomic E-state index is 13.3. The van der Waals surface area contributed by atoms with Gasteiger partial charge in [-0.25, -0.2) is 4.39 Å². The lowest BCUT2D eigenvalue weighted by Crippen LogP contribution is -2.30. The van der Waals surface area contributed by atoms with E-state index in [0.717, 1.165) is 15.3 Å². The van der Waals surface area contributed by atoms with Crippen LogP contribution in [0.15, 0.2) is 66.0 Å². The highest BCUT2D eigenvalue weighted by Crippen LogP contribution is 2.28. The molecule has 0 saturated carbocycles. The van der Waals surface area contributed by atoms with Gasteiger partial charge < -0.3 is 5.32 Å². The van der Waals surface area contributed by atoms with Crippen molar-refractivity contribution in [1.82, 2.24) is 5.32 Å². The zero-order chi connectivity index (χ0) is 20.4. The Balaban J connectivity index is 1.61. The summed E-state index contributed by atoms with van der Waals surface area (Å²) < 4.78 is 13.3. The second-order valence-electron chi connectivity index (χ2n) is 6.65. The van der Waals surface area contributed by atoms with Crippen LogP contribution >= 0.6 is 11.3 Å². The van der Waals surface area contributed by atoms with Crippen LogP contribution in [0.2, 0.25) is 0 Å². The van der Waals surface area contributed by atoms with Crippen LogP contribution in [-0.4, -0.2) is 17.7 Å². The number of amides is 3. The number of hydrogen-bond acceptors (Lipinski definition) is 4. The zero-order valence-corrected chi connectivity index (χ0v) is 16.1. The van der Waals surface area contributed by atoms with Crippen molar-refractivity contribution in [3.8, 4) is 0 Å². The van der Waals surface area contributed by atoms with Crippen molar-refractivity contribution in [2.24, 2.45) is 0 Å². The number of rotatable bonds is 5. The SMILES string of the molecule is O=C(N[C@H](c1ccc(F)cc1)c1cccs1)c1cccc(N2C(=O)CCC2=O)c1. The second-order valence-corrected chi connectivity index (χ2v) is 7.63. The van der Waals surface area contributed by atoms with Crippen molar-refractivity contribution in [2.75, 3.05) is 4.90 Å². The third-order valence-corrected chi connectivity index (χ3v) is 5.66. The van der Waals surface area contributed by atoms with E-state index in [0.29, 0.717) is 11.3 Å². The number of benzene rings is 2. The molecule has 1 aliphatic rings. The molecule has 1 aromatic heterocycles. The lowest BCUT2D eigenvalue weighted by atomic mass is 10.0. The highest BCUT2D eigenvalue weighted by molar-refractivity contribution is 7.10. The second kappa shape index (κ2) is 7.97. The highest BCUT2D eigenvalue weighted by atomic mass is 32.1. The third-order valence-electron chi connectivity index (χ3n) is 4.72. The normalized spacial score (nSPS) is 14.9. The summed E-state index contributed by atoms with van der Waals surface area (Å²) >= 11 is 1.49. The number of hydrogen-bond donors (Lipinski definition) is 1. The Labute approximate surface area is 170 Å². The number of halogens is 1. The number of anilines is 1. The van der Waals surface area contributed by atoms with E-state index in [-0.39, 0.29) is 36.4 Å². The van der Waals surface area contributed by atoms with E-state index in [2.05, 4.69) is 5.32 Å². The maximum Gasteiger partial charge on any atom is 0.252 e. The minimum absolute atomic E-state index is 0.181. The molecule has 1 N–H and O–H groups in total. The lowest BCUT2D eigenvalue weighted by molar-refractivity contribution is -0.121. The third kappa shape index (κ3) is 3.95. The van der Waals surface area contributed by atoms with E-state index < -0.39 is 6.04 Å². The topological polar surface area (TPSA) is 66.5 Å². The van der Waals surface area contributed by atoms with Gasteiger partial charge in [-0.05, 0) is 47.3 Å². The van der Waals surface area contributed by atoms with Crippen LogP contribution in [0.1, 0.15) is 39.7 Å². The maximum atomic E-state index is 13.3. The van der Waals surface area contributed by atoms with Gasteiger partial charge in [-0.3, -0.25) is 19.3 Å². The van der Waals surface area contributed by atoms with Crippen molar-refractivity contribution < 1.29 is 18.8 Å². The van der Waals surface area contributed by atoms with Gasteiger partial charge in [0.1, 0.15) is 5.82 Å². The molecule has 1 fully saturated rings. The first-order valence-electron chi connectivity index (χ1n) is 9.08. The largest absolute Gasteiger partial charge is 0.340 e. The van der Waals surface area contributed by atoms with E-state index in [1.165, 1.54) is 29.5 Å². The standard InChI is InChI=1S/C22H17FN2O3S/c23-16-8-6-14(7-9-16)21(18-5-2-12-29-18)24-22(28)15-3-1-4-17(13-15)25-19(26)10-11-20(25)27/h1-9,12-13,21H,10-11H2,(H,24,28)/t21-/m1/s1. The van der Waals surface area contributed by atoms with Gasteiger partial charge in [-0.2, -0.15) is 0 Å². The minimum Gasteiger partial charge on any atom is -0.340 e. The fourth-order valence-corrected chi connectivity index (χ4v) is 4.10. The van der Waals surface area contributed by atoms with Crippen molar-refractivity contribution in [2.45, 2.75) is 18.9 Å². The first kappa shape index (κ1) is 19.0. The Hall–Kier alpha value is -3.32. The Bertz CT molecular complexity index is 1050. The summed E-state index contributed by atoms with van der Waals surface area (Å²) in [7, 11) is 0. The fraction of sp³-hybridized carbons (Fsp3) is 0.136. The Morgan fingerprint density at radius 3 is 2.38 bits per heavy atom. The van der Waals surface area contributed by atoms with Gasteiger partial charge in [-0.1, -0.05) is 24.3 Å². The summed E-state index contributed by atoms with van der Waals surface area (Å²) in [5.74, 6) is -1.24. The highest BCUT2D eigenvalue weighted by Gasteiger charge is 2.30. The van der Waals surface area contributed by atoms with Crippen LogP contribution < -0.4 is 10.2 Å². The van der Waals surface area contributed by atoms with Crippen LogP contribution in [-0.2, 0) is 9.59 Å². The molecular formula is C22H17FN2O3S. The van der Waals surface area contributed by atoms with Gasteiger partial charge in [0.25, 0.3) is 5.91 Å². The minimum atomic E-state index is -0.443. The predicted molar refractivity (Wildman–Crippen MR) is 108 cm³/mol. The molecule has 0 unspecified atom stereocenters. The van der Waals surface area contributed by atoms with Gasteiger partial charge in [-0.15, -0.1) is 11.3 Å². The van der Waals surface area contributed by atoms with Crippen LogP contribution in [0.3, 0.4) is 0 Å². The summed E-state index contributed by atoms with van der Waals surface area (Å²) in [6.45, 7) is 0. The van der Waals surface area contributed by atoms with Gasteiger partial charge in [0.2, 0.25) is 11.8 Å². The van der Waals surface area contributed by atoms with E-state index >= 15 is 0 Å². The van der Waals surface area contributed by atoms with Crippen molar-refractivity contribution in [1.29, 1.82) is 0 Å². The van der Waals surface area contributed by atoms with Crippen LogP contribution in [0.25, 0.3) is 0 Å². The number of thiophene rings is 1. The van der Waals surface area contributed by atoms with E-state index in [1.54, 1.807) is 30.3 Å². The number of nitrogens with zero attached hydrogens (tertiary/aromatic N) is 1. The molecule has 4 rings (SSSR count). The molecule has 3 aromatic rings. The molecule has 1 atom stereocenters. The van der Waals surface area contributed by atoms with E-state index in [4.69, 9.17) is 0 Å². The Morgan fingerprint density at radius 1 is 1.00 bits per heavy atom. The Kier molecular flexibility index (Phi) is 5.22. The lowest BCUT2D eigenvalue weighted by Gasteiger charge is -2.19. The molecule has 2 aromatic carbocycles. The molecule has 2 heterocycles. The van der Waals surface area contributed by atoms with Crippen molar-refractivity contribution in [3.63, 3.8) is 0 Å². The predicted octanol–water partition coefficient (Wildman–Crippen LogP) is 4.06. The van der Waals surface area contributed by atoms with E-state index in [1.807, 2.05) is 17.5 Å². The number of carbonyl (C=O) groups is 3. The summed E-state index contributed by atoms with van der Waals surface area (Å²) in [6.07, 6.45) is 0.362. The molecule has 0 spiro atoms. The Morgan fingerprint density at radius 2 is 1.72 bits per heavy atom. The van der Waals surface area contributed by atoms with Gasteiger partial charge >= 0.3 is 0 Å². The molecule has 1 aliphatic heterocycles. The zero-order valence-electron chi connectivity index (χ0n) is 15.3. The van der Waals surface area contributed by atoms with Crippen molar-refractivity contribution >= 4 is 34.7 Å². The first-order chi connectivity index (χ1) is 14.0. The van der Waals surface area contributed by atoms with Gasteiger partial charge in [0, 0.05) is 23.3 Å². The van der Waals surface area contributed by atoms with Gasteiger partial charge in [0.15, 0.2) is 0 Å². The average Bonchev–Trinajstić information content (AvgIpc) is 3.37. The number of nitrogens with one attached hydrogen (secondary N) is 1. The average molecular weight is 408 g/mol. The number of carbonyl (C=O) groups excluding carboxylic acids is 3. The van der Waals surface area contributed by atoms with Crippen LogP contribution in [0, 0.1) is 5.82 Å². The summed E-state index contributed by atoms with van der Waals surface area (Å²) in [6, 6.07) is 15.8. The van der Waals surface area contributed by atoms with E-state index in [9.17, 15) is 18.8 Å². The quantitative estimate of drug-likeness (QED) is 0.648. The van der Waals surface area contributed by atoms with Gasteiger partial charge in [0.05, 0.1) is 11.7 Å².